The Morgan fingerprint density at radius 1 is 1.33 bits per heavy atom. The number of aromatic amines is 1. The van der Waals surface area contributed by atoms with Crippen LogP contribution in [0, 0.1) is 18.8 Å². The number of carbonyl (C=O) groups is 1. The Morgan fingerprint density at radius 2 is 2.06 bits per heavy atom. The fraction of sp³-hybridized carbons (Fsp3) is 0.143. The molecule has 0 amide bonds. The summed E-state index contributed by atoms with van der Waals surface area (Å²) in [5, 5.41) is 0.909. The molecule has 0 aliphatic carbocycles. The Kier molecular flexibility index (Phi) is 3.16. The molecule has 0 fully saturated rings. The van der Waals surface area contributed by atoms with E-state index < -0.39 is 5.97 Å². The smallest absolute Gasteiger partial charge is 0.384 e. The predicted octanol–water partition coefficient (Wildman–Crippen LogP) is 1.36. The number of methoxy groups -OCH3 is 1. The van der Waals surface area contributed by atoms with Crippen molar-refractivity contribution < 1.29 is 9.53 Å². The molecule has 1 heterocycles. The van der Waals surface area contributed by atoms with E-state index in [1.165, 1.54) is 7.11 Å². The summed E-state index contributed by atoms with van der Waals surface area (Å²) < 4.78 is 4.41. The van der Waals surface area contributed by atoms with Gasteiger partial charge in [0.15, 0.2) is 0 Å². The number of nitrogens with one attached hydrogen (secondary N) is 1. The Balaban J connectivity index is 2.67. The molecule has 1 N–H and O–H groups in total. The van der Waals surface area contributed by atoms with Gasteiger partial charge in [0.05, 0.1) is 12.7 Å². The van der Waals surface area contributed by atoms with Gasteiger partial charge in [-0.25, -0.2) is 4.79 Å². The van der Waals surface area contributed by atoms with Crippen LogP contribution in [0.4, 0.5) is 0 Å². The van der Waals surface area contributed by atoms with Gasteiger partial charge >= 0.3 is 5.97 Å². The third-order valence-corrected chi connectivity index (χ3v) is 2.66. The highest BCUT2D eigenvalue weighted by molar-refractivity contribution is 5.90. The van der Waals surface area contributed by atoms with Gasteiger partial charge in [0.1, 0.15) is 0 Å². The summed E-state index contributed by atoms with van der Waals surface area (Å²) in [6.45, 7) is 1.80. The lowest BCUT2D eigenvalue weighted by molar-refractivity contribution is -0.133. The number of esters is 1. The zero-order valence-corrected chi connectivity index (χ0v) is 10.0. The molecular formula is C14H11NO3. The molecule has 0 saturated heterocycles. The number of H-pyrrole nitrogens is 1. The molecular weight excluding hydrogens is 230 g/mol. The number of aryl methyl sites for hydroxylation is 1. The van der Waals surface area contributed by atoms with E-state index in [0.717, 1.165) is 16.5 Å². The lowest BCUT2D eigenvalue weighted by atomic mass is 10.1. The van der Waals surface area contributed by atoms with E-state index in [0.29, 0.717) is 5.56 Å². The number of hydrogen-bond donors (Lipinski definition) is 1. The van der Waals surface area contributed by atoms with Crippen molar-refractivity contribution in [1.82, 2.24) is 4.98 Å². The Morgan fingerprint density at radius 3 is 2.78 bits per heavy atom. The second-order valence-electron chi connectivity index (χ2n) is 3.74. The molecule has 0 unspecified atom stereocenters. The molecule has 4 heteroatoms. The highest BCUT2D eigenvalue weighted by Crippen LogP contribution is 2.15. The van der Waals surface area contributed by atoms with Crippen LogP contribution in [0.25, 0.3) is 10.9 Å². The second kappa shape index (κ2) is 4.76. The molecule has 0 atom stereocenters. The van der Waals surface area contributed by atoms with Crippen molar-refractivity contribution >= 4 is 16.9 Å². The minimum atomic E-state index is -0.665. The van der Waals surface area contributed by atoms with Crippen LogP contribution in [-0.2, 0) is 9.53 Å². The Hall–Kier alpha value is -2.54. The normalized spacial score (nSPS) is 9.67. The minimum absolute atomic E-state index is 0.291. The molecule has 90 valence electrons. The van der Waals surface area contributed by atoms with Crippen LogP contribution in [0.5, 0.6) is 0 Å². The van der Waals surface area contributed by atoms with Crippen molar-refractivity contribution in [3.05, 3.63) is 45.7 Å². The first-order chi connectivity index (χ1) is 8.63. The van der Waals surface area contributed by atoms with E-state index in [9.17, 15) is 9.59 Å². The molecule has 0 bridgehead atoms. The quantitative estimate of drug-likeness (QED) is 0.559. The summed E-state index contributed by atoms with van der Waals surface area (Å²) in [5.41, 5.74) is 1.50. The second-order valence-corrected chi connectivity index (χ2v) is 3.74. The molecule has 2 rings (SSSR count). The Labute approximate surface area is 104 Å². The highest BCUT2D eigenvalue weighted by Gasteiger charge is 2.06. The fourth-order valence-corrected chi connectivity index (χ4v) is 1.72. The zero-order valence-electron chi connectivity index (χ0n) is 10.0. The van der Waals surface area contributed by atoms with E-state index >= 15 is 0 Å². The summed E-state index contributed by atoms with van der Waals surface area (Å²) in [6, 6.07) is 7.44. The number of carbonyl (C=O) groups excluding carboxylic acids is 1. The highest BCUT2D eigenvalue weighted by atomic mass is 16.5. The summed E-state index contributed by atoms with van der Waals surface area (Å²) in [4.78, 5) is 25.5. The van der Waals surface area contributed by atoms with Crippen LogP contribution in [0.15, 0.2) is 29.1 Å². The molecule has 1 aromatic carbocycles. The summed E-state index contributed by atoms with van der Waals surface area (Å²) >= 11 is 0. The van der Waals surface area contributed by atoms with Crippen molar-refractivity contribution in [3.8, 4) is 11.8 Å². The SMILES string of the molecule is COC(=O)C#Cc1c(C)c2ccccc2[nH]c1=O. The average molecular weight is 241 g/mol. The van der Waals surface area contributed by atoms with E-state index in [2.05, 4.69) is 21.6 Å². The number of hydrogen-bond acceptors (Lipinski definition) is 3. The summed E-state index contributed by atoms with van der Waals surface area (Å²) in [7, 11) is 1.24. The molecule has 0 radical (unpaired) electrons. The number of rotatable bonds is 0. The number of pyridine rings is 1. The maximum Gasteiger partial charge on any atom is 0.384 e. The van der Waals surface area contributed by atoms with Crippen molar-refractivity contribution in [2.24, 2.45) is 0 Å². The van der Waals surface area contributed by atoms with Crippen molar-refractivity contribution in [1.29, 1.82) is 0 Å². The van der Waals surface area contributed by atoms with Crippen molar-refractivity contribution in [2.45, 2.75) is 6.92 Å². The van der Waals surface area contributed by atoms with E-state index in [-0.39, 0.29) is 5.56 Å². The molecule has 0 saturated carbocycles. The maximum absolute atomic E-state index is 11.8. The van der Waals surface area contributed by atoms with Crippen LogP contribution < -0.4 is 5.56 Å². The lowest BCUT2D eigenvalue weighted by Gasteiger charge is -2.03. The van der Waals surface area contributed by atoms with Crippen LogP contribution in [0.3, 0.4) is 0 Å². The average Bonchev–Trinajstić information content (AvgIpc) is 2.38. The van der Waals surface area contributed by atoms with Gasteiger partial charge in [-0.3, -0.25) is 4.79 Å². The van der Waals surface area contributed by atoms with Gasteiger partial charge in [-0.1, -0.05) is 18.2 Å². The van der Waals surface area contributed by atoms with Gasteiger partial charge in [-0.2, -0.15) is 0 Å². The molecule has 18 heavy (non-hydrogen) atoms. The largest absolute Gasteiger partial charge is 0.459 e. The van der Waals surface area contributed by atoms with Gasteiger partial charge in [0.25, 0.3) is 5.56 Å². The van der Waals surface area contributed by atoms with E-state index in [4.69, 9.17) is 0 Å². The summed E-state index contributed by atoms with van der Waals surface area (Å²) in [6.07, 6.45) is 0. The third kappa shape index (κ3) is 2.11. The predicted molar refractivity (Wildman–Crippen MR) is 68.2 cm³/mol. The van der Waals surface area contributed by atoms with Crippen LogP contribution in [0.2, 0.25) is 0 Å². The molecule has 1 aromatic heterocycles. The van der Waals surface area contributed by atoms with Crippen LogP contribution >= 0.6 is 0 Å². The van der Waals surface area contributed by atoms with E-state index in [1.807, 2.05) is 24.3 Å². The van der Waals surface area contributed by atoms with Gasteiger partial charge in [0.2, 0.25) is 0 Å². The topological polar surface area (TPSA) is 59.2 Å². The van der Waals surface area contributed by atoms with Crippen LogP contribution in [0.1, 0.15) is 11.1 Å². The molecule has 4 nitrogen and oxygen atoms in total. The molecule has 0 aliphatic heterocycles. The van der Waals surface area contributed by atoms with Gasteiger partial charge in [-0.05, 0) is 24.5 Å². The number of ether oxygens (including phenoxy) is 1. The first-order valence-corrected chi connectivity index (χ1v) is 5.35. The number of aromatic nitrogens is 1. The lowest BCUT2D eigenvalue weighted by Crippen LogP contribution is -2.12. The number of para-hydroxylation sites is 1. The zero-order chi connectivity index (χ0) is 13.1. The van der Waals surface area contributed by atoms with E-state index in [1.54, 1.807) is 6.92 Å². The third-order valence-electron chi connectivity index (χ3n) is 2.66. The van der Waals surface area contributed by atoms with Crippen molar-refractivity contribution in [3.63, 3.8) is 0 Å². The first-order valence-electron chi connectivity index (χ1n) is 5.35. The van der Waals surface area contributed by atoms with Gasteiger partial charge in [-0.15, -0.1) is 0 Å². The standard InChI is InChI=1S/C14H11NO3/c1-9-10-5-3-4-6-12(10)15-14(17)11(9)7-8-13(16)18-2/h3-6H,1-2H3,(H,15,17). The summed E-state index contributed by atoms with van der Waals surface area (Å²) in [5.74, 6) is 4.15. The van der Waals surface area contributed by atoms with Gasteiger partial charge < -0.3 is 9.72 Å². The number of benzene rings is 1. The molecule has 0 aliphatic rings. The molecule has 2 aromatic rings. The number of fused-ring (bicyclic) bond motifs is 1. The molecule has 0 spiro atoms. The van der Waals surface area contributed by atoms with Gasteiger partial charge in [0, 0.05) is 16.8 Å². The van der Waals surface area contributed by atoms with Crippen LogP contribution in [-0.4, -0.2) is 18.1 Å². The van der Waals surface area contributed by atoms with Crippen molar-refractivity contribution in [2.75, 3.05) is 7.11 Å². The minimum Gasteiger partial charge on any atom is -0.459 e. The fourth-order valence-electron chi connectivity index (χ4n) is 1.72. The Bertz CT molecular complexity index is 732. The maximum atomic E-state index is 11.8. The first kappa shape index (κ1) is 11.9. The monoisotopic (exact) mass is 241 g/mol.